The van der Waals surface area contributed by atoms with E-state index in [2.05, 4.69) is 62.9 Å². The Hall–Kier alpha value is -3.35. The Kier molecular flexibility index (Phi) is 25.6. The highest BCUT2D eigenvalue weighted by Crippen LogP contribution is 2.55. The van der Waals surface area contributed by atoms with Crippen LogP contribution in [0.2, 0.25) is 0 Å². The van der Waals surface area contributed by atoms with E-state index in [0.29, 0.717) is 23.3 Å². The van der Waals surface area contributed by atoms with E-state index in [9.17, 15) is 14.9 Å². The molecule has 2 heterocycles. The number of hydrogen-bond acceptors (Lipinski definition) is 6. The number of carbonyl (C=O) groups is 1. The van der Waals surface area contributed by atoms with E-state index in [1.807, 2.05) is 6.08 Å². The zero-order valence-corrected chi connectivity index (χ0v) is 41.5. The summed E-state index contributed by atoms with van der Waals surface area (Å²) in [5.41, 5.74) is 2.30. The number of nitro benzene ring substituents is 1. The highest BCUT2D eigenvalue weighted by atomic mass is 16.6. The van der Waals surface area contributed by atoms with Crippen molar-refractivity contribution < 1.29 is 19.2 Å². The lowest BCUT2D eigenvalue weighted by Gasteiger charge is -2.47. The second kappa shape index (κ2) is 30.8. The molecule has 2 aromatic rings. The van der Waals surface area contributed by atoms with Gasteiger partial charge in [0.1, 0.15) is 12.4 Å². The van der Waals surface area contributed by atoms with Crippen LogP contribution in [0.1, 0.15) is 263 Å². The fraction of sp³-hybridized carbons (Fsp3) is 0.737. The maximum Gasteiger partial charge on any atom is 0.306 e. The maximum absolute atomic E-state index is 13.0. The topological polar surface area (TPSA) is 81.9 Å². The second-order valence-electron chi connectivity index (χ2n) is 20.1. The fourth-order valence-corrected chi connectivity index (χ4v) is 10.3. The standard InChI is InChI=1S/C57H92N2O5/c1-5-7-9-11-13-15-17-19-21-22-23-24-25-26-28-30-32-34-36-42-54(60)63-48-50-47-51(59(61)62)46-49-43-44-57(64-55(49)50)56(3,4)52-40-37-38-41-53(52)58(57)45-39-35-33-31-29-27-20-18-16-14-12-10-8-6-2/h37-38,40-41,43-44,46-47H,5-36,39,42,45,48H2,1-4H3. The Morgan fingerprint density at radius 3 is 1.53 bits per heavy atom. The molecule has 4 rings (SSSR count). The van der Waals surface area contributed by atoms with Gasteiger partial charge in [0.25, 0.3) is 5.69 Å². The van der Waals surface area contributed by atoms with Crippen molar-refractivity contribution in [1.82, 2.24) is 0 Å². The summed E-state index contributed by atoms with van der Waals surface area (Å²) in [6.07, 6.45) is 47.8. The largest absolute Gasteiger partial charge is 0.462 e. The number of ether oxygens (including phenoxy) is 2. The minimum Gasteiger partial charge on any atom is -0.462 e. The van der Waals surface area contributed by atoms with Crippen molar-refractivity contribution >= 4 is 23.4 Å². The summed E-state index contributed by atoms with van der Waals surface area (Å²) in [5, 5.41) is 12.1. The van der Waals surface area contributed by atoms with Gasteiger partial charge in [-0.2, -0.15) is 0 Å². The van der Waals surface area contributed by atoms with Gasteiger partial charge in [-0.1, -0.05) is 231 Å². The van der Waals surface area contributed by atoms with E-state index < -0.39 is 11.1 Å². The van der Waals surface area contributed by atoms with Crippen LogP contribution in [-0.2, 0) is 21.6 Å². The maximum atomic E-state index is 13.0. The second-order valence-corrected chi connectivity index (χ2v) is 20.1. The van der Waals surface area contributed by atoms with Crippen LogP contribution in [0.25, 0.3) is 6.08 Å². The van der Waals surface area contributed by atoms with Crippen molar-refractivity contribution in [1.29, 1.82) is 0 Å². The predicted molar refractivity (Wildman–Crippen MR) is 270 cm³/mol. The van der Waals surface area contributed by atoms with E-state index in [1.165, 1.54) is 204 Å². The number of benzene rings is 2. The van der Waals surface area contributed by atoms with E-state index in [4.69, 9.17) is 9.47 Å². The molecule has 7 heteroatoms. The van der Waals surface area contributed by atoms with Gasteiger partial charge in [0, 0.05) is 41.9 Å². The quantitative estimate of drug-likeness (QED) is 0.0289. The molecule has 0 aromatic heterocycles. The molecule has 1 atom stereocenters. The van der Waals surface area contributed by atoms with Gasteiger partial charge in [-0.05, 0) is 50.5 Å². The minimum atomic E-state index is -0.832. The first-order valence-corrected chi connectivity index (χ1v) is 27.0. The summed E-state index contributed by atoms with van der Waals surface area (Å²) in [7, 11) is 0. The number of para-hydroxylation sites is 1. The Labute approximate surface area is 391 Å². The average molecular weight is 885 g/mol. The number of carbonyl (C=O) groups excluding carboxylic acids is 1. The van der Waals surface area contributed by atoms with Gasteiger partial charge >= 0.3 is 5.97 Å². The molecule has 0 fully saturated rings. The monoisotopic (exact) mass is 885 g/mol. The van der Waals surface area contributed by atoms with Crippen molar-refractivity contribution in [2.24, 2.45) is 0 Å². The molecule has 0 saturated heterocycles. The van der Waals surface area contributed by atoms with Crippen molar-refractivity contribution in [2.45, 2.75) is 264 Å². The zero-order valence-electron chi connectivity index (χ0n) is 41.5. The Morgan fingerprint density at radius 2 is 1.06 bits per heavy atom. The van der Waals surface area contributed by atoms with Crippen molar-refractivity contribution in [2.75, 3.05) is 11.4 Å². The summed E-state index contributed by atoms with van der Waals surface area (Å²) >= 11 is 0. The summed E-state index contributed by atoms with van der Waals surface area (Å²) in [6.45, 7) is 9.82. The molecule has 0 N–H and O–H groups in total. The van der Waals surface area contributed by atoms with Crippen molar-refractivity contribution in [3.8, 4) is 5.75 Å². The molecule has 0 radical (unpaired) electrons. The molecule has 0 amide bonds. The van der Waals surface area contributed by atoms with Crippen LogP contribution < -0.4 is 9.64 Å². The molecular weight excluding hydrogens is 793 g/mol. The highest BCUT2D eigenvalue weighted by Gasteiger charge is 2.58. The van der Waals surface area contributed by atoms with E-state index in [1.54, 1.807) is 6.07 Å². The third-order valence-corrected chi connectivity index (χ3v) is 14.4. The SMILES string of the molecule is CCCCCCCCCCCCCCCCCCCCCC(=O)OCc1cc([N+](=O)[O-])cc2c1OC1(C=C2)N(CCCCCCCCCCCCCCCC)c2ccccc2C1(C)C. The minimum absolute atomic E-state index is 0.0268. The van der Waals surface area contributed by atoms with Crippen LogP contribution in [-0.4, -0.2) is 23.2 Å². The third kappa shape index (κ3) is 17.5. The lowest BCUT2D eigenvalue weighted by atomic mass is 9.76. The summed E-state index contributed by atoms with van der Waals surface area (Å²) < 4.78 is 13.0. The fourth-order valence-electron chi connectivity index (χ4n) is 10.3. The number of nitrogens with zero attached hydrogens (tertiary/aromatic N) is 2. The normalized spacial score (nSPS) is 16.0. The molecule has 0 saturated carbocycles. The number of hydrogen-bond donors (Lipinski definition) is 0. The molecule has 1 unspecified atom stereocenters. The number of fused-ring (bicyclic) bond motifs is 2. The molecule has 2 aliphatic rings. The number of rotatable bonds is 38. The molecular formula is C57H92N2O5. The number of nitro groups is 1. The van der Waals surface area contributed by atoms with E-state index >= 15 is 0 Å². The number of anilines is 1. The number of unbranched alkanes of at least 4 members (excludes halogenated alkanes) is 31. The van der Waals surface area contributed by atoms with Gasteiger partial charge in [-0.3, -0.25) is 14.9 Å². The first-order valence-electron chi connectivity index (χ1n) is 27.0. The van der Waals surface area contributed by atoms with E-state index in [-0.39, 0.29) is 23.2 Å². The summed E-state index contributed by atoms with van der Waals surface area (Å²) in [4.78, 5) is 27.1. The summed E-state index contributed by atoms with van der Waals surface area (Å²) in [6, 6.07) is 11.7. The molecule has 2 aromatic carbocycles. The molecule has 7 nitrogen and oxygen atoms in total. The number of esters is 1. The smallest absolute Gasteiger partial charge is 0.306 e. The van der Waals surface area contributed by atoms with Crippen molar-refractivity contribution in [3.63, 3.8) is 0 Å². The van der Waals surface area contributed by atoms with Gasteiger partial charge < -0.3 is 14.4 Å². The predicted octanol–water partition coefficient (Wildman–Crippen LogP) is 17.8. The Morgan fingerprint density at radius 1 is 0.625 bits per heavy atom. The molecule has 1 spiro atoms. The van der Waals surface area contributed by atoms with E-state index in [0.717, 1.165) is 32.2 Å². The lowest BCUT2D eigenvalue weighted by Crippen LogP contribution is -2.59. The Balaban J connectivity index is 1.19. The van der Waals surface area contributed by atoms with Gasteiger partial charge in [0.05, 0.1) is 10.3 Å². The first-order chi connectivity index (χ1) is 31.2. The van der Waals surface area contributed by atoms with Crippen LogP contribution in [0.3, 0.4) is 0 Å². The van der Waals surface area contributed by atoms with Crippen LogP contribution in [0.5, 0.6) is 5.75 Å². The highest BCUT2D eigenvalue weighted by molar-refractivity contribution is 5.74. The van der Waals surface area contributed by atoms with Gasteiger partial charge in [-0.15, -0.1) is 0 Å². The molecule has 360 valence electrons. The van der Waals surface area contributed by atoms with Crippen LogP contribution in [0.4, 0.5) is 11.4 Å². The van der Waals surface area contributed by atoms with Gasteiger partial charge in [-0.25, -0.2) is 0 Å². The number of non-ortho nitro benzene ring substituents is 1. The lowest BCUT2D eigenvalue weighted by molar-refractivity contribution is -0.385. The molecule has 0 aliphatic carbocycles. The van der Waals surface area contributed by atoms with Crippen molar-refractivity contribution in [3.05, 3.63) is 69.3 Å². The van der Waals surface area contributed by atoms with Crippen LogP contribution in [0.15, 0.2) is 42.5 Å². The first kappa shape index (κ1) is 53.3. The summed E-state index contributed by atoms with van der Waals surface area (Å²) in [5.74, 6) is 0.303. The van der Waals surface area contributed by atoms with Gasteiger partial charge in [0.15, 0.2) is 0 Å². The molecule has 0 bridgehead atoms. The average Bonchev–Trinajstić information content (AvgIpc) is 3.47. The van der Waals surface area contributed by atoms with Crippen LogP contribution in [0, 0.1) is 10.1 Å². The third-order valence-electron chi connectivity index (χ3n) is 14.4. The molecule has 2 aliphatic heterocycles. The Bertz CT molecular complexity index is 1640. The molecule has 64 heavy (non-hydrogen) atoms. The zero-order chi connectivity index (χ0) is 45.7. The van der Waals surface area contributed by atoms with Gasteiger partial charge in [0.2, 0.25) is 5.72 Å². The van der Waals surface area contributed by atoms with Crippen LogP contribution >= 0.6 is 0 Å².